The molecule has 0 aliphatic carbocycles. The smallest absolute Gasteiger partial charge is 0.285 e. The molecule has 1 amide bonds. The number of benzene rings is 1. The SMILES string of the molecule is CC(C)(C)[Si](C)(C)N1C(=O)C(=O)[C@@H]1c1ccccc1. The van der Waals surface area contributed by atoms with Gasteiger partial charge in [-0.2, -0.15) is 0 Å². The minimum absolute atomic E-state index is 0.0381. The molecule has 0 bridgehead atoms. The summed E-state index contributed by atoms with van der Waals surface area (Å²) in [7, 11) is -2.01. The molecule has 102 valence electrons. The Bertz CT molecular complexity index is 517. The number of ketones is 1. The Balaban J connectivity index is 2.41. The van der Waals surface area contributed by atoms with Crippen LogP contribution in [0.1, 0.15) is 32.4 Å². The fourth-order valence-electron chi connectivity index (χ4n) is 2.28. The molecule has 1 heterocycles. The first kappa shape index (κ1) is 14.0. The number of hydrogen-bond acceptors (Lipinski definition) is 2. The fourth-order valence-corrected chi connectivity index (χ4v) is 4.53. The van der Waals surface area contributed by atoms with E-state index in [9.17, 15) is 9.59 Å². The van der Waals surface area contributed by atoms with Gasteiger partial charge in [-0.3, -0.25) is 9.59 Å². The third kappa shape index (κ3) is 2.04. The van der Waals surface area contributed by atoms with Crippen LogP contribution in [0.15, 0.2) is 30.3 Å². The molecule has 0 spiro atoms. The first-order valence-corrected chi connectivity index (χ1v) is 9.55. The molecule has 3 nitrogen and oxygen atoms in total. The third-order valence-corrected chi connectivity index (χ3v) is 9.83. The number of carbonyl (C=O) groups excluding carboxylic acids is 2. The van der Waals surface area contributed by atoms with Gasteiger partial charge in [0.05, 0.1) is 0 Å². The summed E-state index contributed by atoms with van der Waals surface area (Å²) in [5.74, 6) is -0.573. The van der Waals surface area contributed by atoms with E-state index in [0.29, 0.717) is 0 Å². The van der Waals surface area contributed by atoms with Crippen molar-refractivity contribution < 1.29 is 9.59 Å². The summed E-state index contributed by atoms with van der Waals surface area (Å²) < 4.78 is 1.87. The molecule has 1 saturated heterocycles. The van der Waals surface area contributed by atoms with Crippen LogP contribution in [0.2, 0.25) is 18.1 Å². The van der Waals surface area contributed by atoms with Crippen molar-refractivity contribution in [2.24, 2.45) is 0 Å². The molecule has 1 fully saturated rings. The van der Waals surface area contributed by atoms with Crippen molar-refractivity contribution in [3.8, 4) is 0 Å². The standard InChI is InChI=1S/C15H21NO2Si/c1-15(2,3)19(4,5)16-12(13(17)14(16)18)11-9-7-6-8-10-11/h6-10,12H,1-5H3/t12-/m0/s1. The van der Waals surface area contributed by atoms with E-state index < -0.39 is 8.24 Å². The van der Waals surface area contributed by atoms with E-state index >= 15 is 0 Å². The molecule has 1 aromatic rings. The Morgan fingerprint density at radius 1 is 1.05 bits per heavy atom. The lowest BCUT2D eigenvalue weighted by molar-refractivity contribution is -0.156. The average molecular weight is 275 g/mol. The zero-order valence-electron chi connectivity index (χ0n) is 12.2. The highest BCUT2D eigenvalue weighted by atomic mass is 28.3. The number of hydrogen-bond donors (Lipinski definition) is 0. The molecular formula is C15H21NO2Si. The minimum Gasteiger partial charge on any atom is -0.349 e. The van der Waals surface area contributed by atoms with Gasteiger partial charge >= 0.3 is 0 Å². The lowest BCUT2D eigenvalue weighted by Crippen LogP contribution is -2.69. The van der Waals surface area contributed by atoms with E-state index in [1.54, 1.807) is 0 Å². The van der Waals surface area contributed by atoms with Gasteiger partial charge in [-0.1, -0.05) is 64.2 Å². The lowest BCUT2D eigenvalue weighted by Gasteiger charge is -2.53. The van der Waals surface area contributed by atoms with Crippen LogP contribution in [0, 0.1) is 0 Å². The Morgan fingerprint density at radius 3 is 2.05 bits per heavy atom. The van der Waals surface area contributed by atoms with Gasteiger partial charge in [-0.25, -0.2) is 0 Å². The van der Waals surface area contributed by atoms with E-state index in [2.05, 4.69) is 33.9 Å². The number of Topliss-reactive ketones (excluding diaryl/α,β-unsaturated/α-hetero) is 1. The summed E-state index contributed by atoms with van der Waals surface area (Å²) in [6.07, 6.45) is 0. The summed E-state index contributed by atoms with van der Waals surface area (Å²) in [5.41, 5.74) is 0.928. The topological polar surface area (TPSA) is 37.4 Å². The van der Waals surface area contributed by atoms with Crippen molar-refractivity contribution in [1.82, 2.24) is 4.57 Å². The van der Waals surface area contributed by atoms with E-state index in [4.69, 9.17) is 0 Å². The predicted molar refractivity (Wildman–Crippen MR) is 78.2 cm³/mol. The largest absolute Gasteiger partial charge is 0.349 e. The van der Waals surface area contributed by atoms with Gasteiger partial charge in [0.15, 0.2) is 8.24 Å². The van der Waals surface area contributed by atoms with E-state index in [1.165, 1.54) is 0 Å². The molecule has 0 aromatic heterocycles. The maximum absolute atomic E-state index is 12.0. The number of nitrogens with zero attached hydrogens (tertiary/aromatic N) is 1. The summed E-state index contributed by atoms with van der Waals surface area (Å²) in [5, 5.41) is 0.0381. The van der Waals surface area contributed by atoms with E-state index in [1.807, 2.05) is 34.9 Å². The summed E-state index contributed by atoms with van der Waals surface area (Å²) >= 11 is 0. The Kier molecular flexibility index (Phi) is 3.17. The van der Waals surface area contributed by atoms with Gasteiger partial charge in [0, 0.05) is 0 Å². The fraction of sp³-hybridized carbons (Fsp3) is 0.467. The Morgan fingerprint density at radius 2 is 1.58 bits per heavy atom. The predicted octanol–water partition coefficient (Wildman–Crippen LogP) is 3.14. The van der Waals surface area contributed by atoms with Crippen LogP contribution in [-0.2, 0) is 9.59 Å². The molecule has 0 N–H and O–H groups in total. The highest BCUT2D eigenvalue weighted by Crippen LogP contribution is 2.46. The average Bonchev–Trinajstić information content (AvgIpc) is 2.33. The molecule has 4 heteroatoms. The van der Waals surface area contributed by atoms with Crippen LogP contribution < -0.4 is 0 Å². The minimum atomic E-state index is -2.01. The van der Waals surface area contributed by atoms with Gasteiger partial charge in [0.25, 0.3) is 5.91 Å². The molecule has 1 atom stereocenters. The van der Waals surface area contributed by atoms with Gasteiger partial charge in [0.2, 0.25) is 5.78 Å². The molecule has 0 radical (unpaired) electrons. The number of β-lactam (4-membered cyclic amide) rings is 1. The molecular weight excluding hydrogens is 254 g/mol. The highest BCUT2D eigenvalue weighted by Gasteiger charge is 2.57. The van der Waals surface area contributed by atoms with Crippen molar-refractivity contribution in [2.45, 2.75) is 44.9 Å². The molecule has 19 heavy (non-hydrogen) atoms. The summed E-state index contributed by atoms with van der Waals surface area (Å²) in [4.78, 5) is 24.0. The van der Waals surface area contributed by atoms with Crippen LogP contribution in [-0.4, -0.2) is 24.5 Å². The molecule has 0 saturated carbocycles. The zero-order chi connectivity index (χ0) is 14.4. The van der Waals surface area contributed by atoms with Crippen molar-refractivity contribution in [3.05, 3.63) is 35.9 Å². The first-order valence-electron chi connectivity index (χ1n) is 6.60. The highest BCUT2D eigenvalue weighted by molar-refractivity contribution is 6.83. The third-order valence-electron chi connectivity index (χ3n) is 4.49. The van der Waals surface area contributed by atoms with Gasteiger partial charge < -0.3 is 4.57 Å². The van der Waals surface area contributed by atoms with Gasteiger partial charge in [-0.15, -0.1) is 0 Å². The molecule has 0 unspecified atom stereocenters. The second-order valence-corrected chi connectivity index (χ2v) is 11.8. The second kappa shape index (κ2) is 4.30. The lowest BCUT2D eigenvalue weighted by atomic mass is 9.96. The molecule has 1 aliphatic rings. The summed E-state index contributed by atoms with van der Waals surface area (Å²) in [6, 6.07) is 9.23. The monoisotopic (exact) mass is 275 g/mol. The Labute approximate surface area is 115 Å². The van der Waals surface area contributed by atoms with E-state index in [0.717, 1.165) is 5.56 Å². The number of amides is 1. The number of rotatable bonds is 2. The van der Waals surface area contributed by atoms with Crippen LogP contribution >= 0.6 is 0 Å². The summed E-state index contributed by atoms with van der Waals surface area (Å²) in [6.45, 7) is 10.8. The van der Waals surface area contributed by atoms with Crippen LogP contribution in [0.4, 0.5) is 0 Å². The maximum Gasteiger partial charge on any atom is 0.285 e. The van der Waals surface area contributed by atoms with Crippen molar-refractivity contribution in [2.75, 3.05) is 0 Å². The zero-order valence-corrected chi connectivity index (χ0v) is 13.2. The molecule has 1 aromatic carbocycles. The van der Waals surface area contributed by atoms with E-state index in [-0.39, 0.29) is 22.8 Å². The van der Waals surface area contributed by atoms with Gasteiger partial charge in [-0.05, 0) is 10.6 Å². The number of carbonyl (C=O) groups is 2. The van der Waals surface area contributed by atoms with Crippen LogP contribution in [0.5, 0.6) is 0 Å². The maximum atomic E-state index is 12.0. The Hall–Kier alpha value is -1.42. The van der Waals surface area contributed by atoms with Crippen LogP contribution in [0.3, 0.4) is 0 Å². The first-order chi connectivity index (χ1) is 8.68. The van der Waals surface area contributed by atoms with Crippen molar-refractivity contribution in [3.63, 3.8) is 0 Å². The van der Waals surface area contributed by atoms with Crippen molar-refractivity contribution in [1.29, 1.82) is 0 Å². The normalized spacial score (nSPS) is 20.5. The molecule has 2 rings (SSSR count). The second-order valence-electron chi connectivity index (χ2n) is 6.66. The molecule has 1 aliphatic heterocycles. The van der Waals surface area contributed by atoms with Gasteiger partial charge in [0.1, 0.15) is 6.04 Å². The van der Waals surface area contributed by atoms with Crippen LogP contribution in [0.25, 0.3) is 0 Å². The quantitative estimate of drug-likeness (QED) is 0.472. The van der Waals surface area contributed by atoms with Crippen molar-refractivity contribution >= 4 is 19.9 Å².